The molecular weight excluding hydrogens is 207 g/mol. The molecule has 0 amide bonds. The van der Waals surface area contributed by atoms with Gasteiger partial charge in [-0.2, -0.15) is 13.2 Å². The first-order valence-corrected chi connectivity index (χ1v) is 3.47. The molecule has 0 atom stereocenters. The Balaban J connectivity index is 2.76. The van der Waals surface area contributed by atoms with Gasteiger partial charge < -0.3 is 4.74 Å². The maximum absolute atomic E-state index is 12.2. The molecule has 0 unspecified atom stereocenters. The quantitative estimate of drug-likeness (QED) is 0.551. The summed E-state index contributed by atoms with van der Waals surface area (Å²) in [6.45, 7) is 0. The predicted molar refractivity (Wildman–Crippen MR) is 40.2 cm³/mol. The molecule has 1 rings (SSSR count). The molecule has 0 bridgehead atoms. The van der Waals surface area contributed by atoms with Gasteiger partial charge in [-0.3, -0.25) is 0 Å². The van der Waals surface area contributed by atoms with Crippen molar-refractivity contribution in [2.45, 2.75) is 0 Å². The molecule has 0 saturated heterocycles. The summed E-state index contributed by atoms with van der Waals surface area (Å²) in [5.74, 6) is -0.144. The first-order chi connectivity index (χ1) is 6.09. The average Bonchev–Trinajstić information content (AvgIpc) is 2.08. The van der Waals surface area contributed by atoms with Crippen LogP contribution in [0.2, 0.25) is 5.15 Å². The third-order valence-corrected chi connectivity index (χ3v) is 1.28. The van der Waals surface area contributed by atoms with E-state index in [2.05, 4.69) is 9.72 Å². The number of nitrogens with zero attached hydrogens (tertiary/aromatic N) is 1. The Kier molecular flexibility index (Phi) is 3.13. The lowest BCUT2D eigenvalue weighted by Crippen LogP contribution is -1.90. The Hall–Kier alpha value is -1.23. The topological polar surface area (TPSA) is 22.1 Å². The van der Waals surface area contributed by atoms with Crippen LogP contribution in [0.3, 0.4) is 0 Å². The third kappa shape index (κ3) is 2.95. The summed E-state index contributed by atoms with van der Waals surface area (Å²) in [4.78, 5) is 3.50. The van der Waals surface area contributed by atoms with Gasteiger partial charge in [0.25, 0.3) is 0 Å². The van der Waals surface area contributed by atoms with Crippen LogP contribution in [0.1, 0.15) is 0 Å². The van der Waals surface area contributed by atoms with E-state index in [0.717, 1.165) is 6.20 Å². The summed E-state index contributed by atoms with van der Waals surface area (Å²) in [5, 5.41) is 0.164. The molecule has 1 aromatic rings. The lowest BCUT2D eigenvalue weighted by Gasteiger charge is -1.99. The molecule has 6 heteroatoms. The van der Waals surface area contributed by atoms with Crippen LogP contribution >= 0.6 is 11.6 Å². The summed E-state index contributed by atoms with van der Waals surface area (Å²) in [7, 11) is 0. The molecule has 13 heavy (non-hydrogen) atoms. The zero-order valence-corrected chi connectivity index (χ0v) is 6.86. The summed E-state index contributed by atoms with van der Waals surface area (Å²) in [6.07, 6.45) is -1.49. The van der Waals surface area contributed by atoms with E-state index in [4.69, 9.17) is 11.6 Å². The molecule has 0 aromatic carbocycles. The van der Waals surface area contributed by atoms with Gasteiger partial charge in [0.05, 0.1) is 6.20 Å². The van der Waals surface area contributed by atoms with Crippen molar-refractivity contribution in [3.63, 3.8) is 0 Å². The molecule has 0 aliphatic carbocycles. The van der Waals surface area contributed by atoms with Crippen molar-refractivity contribution in [3.05, 3.63) is 35.6 Å². The maximum atomic E-state index is 12.2. The second-order valence-corrected chi connectivity index (χ2v) is 2.34. The van der Waals surface area contributed by atoms with Crippen molar-refractivity contribution in [1.82, 2.24) is 4.98 Å². The minimum absolute atomic E-state index is 0.144. The SMILES string of the molecule is FC(F)=C(F)Oc1ccc(Cl)nc1. The lowest BCUT2D eigenvalue weighted by molar-refractivity contribution is 0.240. The van der Waals surface area contributed by atoms with Crippen LogP contribution in [0.5, 0.6) is 5.75 Å². The van der Waals surface area contributed by atoms with E-state index in [-0.39, 0.29) is 10.9 Å². The Morgan fingerprint density at radius 3 is 2.46 bits per heavy atom. The second-order valence-electron chi connectivity index (χ2n) is 1.95. The van der Waals surface area contributed by atoms with Crippen LogP contribution in [0.4, 0.5) is 13.2 Å². The first kappa shape index (κ1) is 9.85. The van der Waals surface area contributed by atoms with Crippen molar-refractivity contribution >= 4 is 11.6 Å². The van der Waals surface area contributed by atoms with Gasteiger partial charge in [0, 0.05) is 0 Å². The molecule has 1 aromatic heterocycles. The van der Waals surface area contributed by atoms with Crippen molar-refractivity contribution in [3.8, 4) is 5.75 Å². The zero-order chi connectivity index (χ0) is 9.84. The van der Waals surface area contributed by atoms with E-state index in [0.29, 0.717) is 0 Å². The third-order valence-electron chi connectivity index (χ3n) is 1.06. The summed E-state index contributed by atoms with van der Waals surface area (Å²) in [6, 6.07) is 0.571. The van der Waals surface area contributed by atoms with Crippen LogP contribution in [0.25, 0.3) is 0 Å². The fourth-order valence-corrected chi connectivity index (χ4v) is 0.676. The van der Waals surface area contributed by atoms with E-state index < -0.39 is 12.1 Å². The predicted octanol–water partition coefficient (Wildman–Crippen LogP) is 3.15. The van der Waals surface area contributed by atoms with Crippen LogP contribution in [-0.4, -0.2) is 4.98 Å². The summed E-state index contributed by atoms with van der Waals surface area (Å²) < 4.78 is 39.3. The van der Waals surface area contributed by atoms with Crippen LogP contribution in [0.15, 0.2) is 30.4 Å². The molecule has 0 N–H and O–H groups in total. The first-order valence-electron chi connectivity index (χ1n) is 3.10. The highest BCUT2D eigenvalue weighted by molar-refractivity contribution is 6.29. The van der Waals surface area contributed by atoms with Crippen molar-refractivity contribution < 1.29 is 17.9 Å². The number of halogens is 4. The van der Waals surface area contributed by atoms with Crippen molar-refractivity contribution in [1.29, 1.82) is 0 Å². The number of ether oxygens (including phenoxy) is 1. The highest BCUT2D eigenvalue weighted by Gasteiger charge is 2.07. The number of hydrogen-bond donors (Lipinski definition) is 0. The van der Waals surface area contributed by atoms with Crippen LogP contribution in [-0.2, 0) is 0 Å². The van der Waals surface area contributed by atoms with E-state index >= 15 is 0 Å². The normalized spacial score (nSPS) is 9.54. The standard InChI is InChI=1S/C7H3ClF3NO/c8-5-2-1-4(3-12-5)13-7(11)6(9)10/h1-3H. The van der Waals surface area contributed by atoms with Crippen molar-refractivity contribution in [2.24, 2.45) is 0 Å². The number of hydrogen-bond acceptors (Lipinski definition) is 2. The molecule has 0 aliphatic rings. The van der Waals surface area contributed by atoms with E-state index in [1.165, 1.54) is 12.1 Å². The van der Waals surface area contributed by atoms with Gasteiger partial charge >= 0.3 is 12.1 Å². The van der Waals surface area contributed by atoms with Crippen LogP contribution < -0.4 is 4.74 Å². The highest BCUT2D eigenvalue weighted by atomic mass is 35.5. The summed E-state index contributed by atoms with van der Waals surface area (Å²) >= 11 is 5.39. The Bertz CT molecular complexity index is 321. The van der Waals surface area contributed by atoms with Crippen LogP contribution in [0, 0.1) is 0 Å². The maximum Gasteiger partial charge on any atom is 0.344 e. The van der Waals surface area contributed by atoms with Gasteiger partial charge in [0.15, 0.2) is 0 Å². The minimum Gasteiger partial charge on any atom is -0.426 e. The Labute approximate surface area is 76.6 Å². The fraction of sp³-hybridized carbons (Fsp3) is 0. The Morgan fingerprint density at radius 2 is 2.00 bits per heavy atom. The number of pyridine rings is 1. The molecule has 0 spiro atoms. The molecule has 0 fully saturated rings. The molecule has 0 saturated carbocycles. The zero-order valence-electron chi connectivity index (χ0n) is 6.10. The van der Waals surface area contributed by atoms with E-state index in [1.54, 1.807) is 0 Å². The number of aromatic nitrogens is 1. The van der Waals surface area contributed by atoms with E-state index in [9.17, 15) is 13.2 Å². The fourth-order valence-electron chi connectivity index (χ4n) is 0.565. The van der Waals surface area contributed by atoms with Crippen molar-refractivity contribution in [2.75, 3.05) is 0 Å². The summed E-state index contributed by atoms with van der Waals surface area (Å²) in [5.41, 5.74) is 0. The lowest BCUT2D eigenvalue weighted by atomic mass is 10.5. The van der Waals surface area contributed by atoms with E-state index in [1.807, 2.05) is 0 Å². The highest BCUT2D eigenvalue weighted by Crippen LogP contribution is 2.18. The second kappa shape index (κ2) is 4.13. The van der Waals surface area contributed by atoms with Gasteiger partial charge in [-0.05, 0) is 12.1 Å². The average molecular weight is 210 g/mol. The van der Waals surface area contributed by atoms with Gasteiger partial charge in [-0.25, -0.2) is 4.98 Å². The molecular formula is C7H3ClF3NO. The van der Waals surface area contributed by atoms with Gasteiger partial charge in [-0.15, -0.1) is 0 Å². The van der Waals surface area contributed by atoms with Gasteiger partial charge in [0.2, 0.25) is 0 Å². The molecule has 70 valence electrons. The molecule has 0 radical (unpaired) electrons. The monoisotopic (exact) mass is 209 g/mol. The molecule has 2 nitrogen and oxygen atoms in total. The molecule has 0 aliphatic heterocycles. The molecule has 1 heterocycles. The van der Waals surface area contributed by atoms with Gasteiger partial charge in [0.1, 0.15) is 10.9 Å². The number of rotatable bonds is 2. The Morgan fingerprint density at radius 1 is 1.31 bits per heavy atom. The minimum atomic E-state index is -2.52. The van der Waals surface area contributed by atoms with Gasteiger partial charge in [-0.1, -0.05) is 11.6 Å². The largest absolute Gasteiger partial charge is 0.426 e. The smallest absolute Gasteiger partial charge is 0.344 e.